The number of nitrogens with one attached hydrogen (secondary N) is 3. The number of amides is 3. The van der Waals surface area contributed by atoms with Crippen molar-refractivity contribution < 1.29 is 29.0 Å². The number of hydrogen-bond donors (Lipinski definition) is 4. The van der Waals surface area contributed by atoms with E-state index in [-0.39, 0.29) is 30.4 Å². The molecule has 0 radical (unpaired) electrons. The molecule has 9 nitrogen and oxygen atoms in total. The van der Waals surface area contributed by atoms with Crippen molar-refractivity contribution in [2.24, 2.45) is 5.92 Å². The zero-order valence-corrected chi connectivity index (χ0v) is 22.6. The van der Waals surface area contributed by atoms with Crippen LogP contribution in [-0.2, 0) is 36.8 Å². The van der Waals surface area contributed by atoms with Crippen LogP contribution in [0.2, 0.25) is 0 Å². The van der Waals surface area contributed by atoms with Gasteiger partial charge in [-0.2, -0.15) is 0 Å². The molecule has 1 aliphatic heterocycles. The average molecular weight is 544 g/mol. The fourth-order valence-corrected chi connectivity index (χ4v) is 4.55. The number of phenolic OH excluding ortho intramolecular Hbond substituents is 1. The van der Waals surface area contributed by atoms with Crippen LogP contribution in [0.4, 0.5) is 5.69 Å². The molecule has 0 unspecified atom stereocenters. The smallest absolute Gasteiger partial charge is 0.311 e. The molecule has 40 heavy (non-hydrogen) atoms. The molecule has 9 heteroatoms. The van der Waals surface area contributed by atoms with Crippen LogP contribution in [0.25, 0.3) is 0 Å². The molecule has 3 atom stereocenters. The minimum Gasteiger partial charge on any atom is -0.508 e. The van der Waals surface area contributed by atoms with Gasteiger partial charge < -0.3 is 25.8 Å². The number of carbonyl (C=O) groups excluding carboxylic acids is 4. The molecule has 3 aromatic carbocycles. The van der Waals surface area contributed by atoms with Gasteiger partial charge in [-0.15, -0.1) is 0 Å². The SMILES string of the molecule is Cc1ccc(CC(=O)N[C@H](C(=O)N[C@H]2c3cc(O)ccc3NC(=O)[C@@H]2OC(=O)Cc2ccccc2)C(C)C)cc1. The number of rotatable bonds is 9. The van der Waals surface area contributed by atoms with Crippen molar-refractivity contribution in [3.05, 3.63) is 95.1 Å². The van der Waals surface area contributed by atoms with Crippen molar-refractivity contribution >= 4 is 29.4 Å². The van der Waals surface area contributed by atoms with E-state index in [2.05, 4.69) is 16.0 Å². The zero-order valence-electron chi connectivity index (χ0n) is 22.6. The number of fused-ring (bicyclic) bond motifs is 1. The molecule has 0 saturated heterocycles. The van der Waals surface area contributed by atoms with Crippen LogP contribution in [0.15, 0.2) is 72.8 Å². The van der Waals surface area contributed by atoms with Gasteiger partial charge in [0.15, 0.2) is 0 Å². The predicted molar refractivity (Wildman–Crippen MR) is 149 cm³/mol. The standard InChI is InChI=1S/C31H33N3O6/c1-18(2)27(33-25(36)15-21-11-9-19(3)10-12-21)30(38)34-28-23-17-22(35)13-14-24(23)32-31(39)29(28)40-26(37)16-20-7-5-4-6-8-20/h4-14,17-18,27-29,35H,15-16H2,1-3H3,(H,32,39)(H,33,36)(H,34,38)/t27-,28-,29+/m0/s1. The third-order valence-electron chi connectivity index (χ3n) is 6.69. The monoisotopic (exact) mass is 543 g/mol. The van der Waals surface area contributed by atoms with Crippen LogP contribution in [0.5, 0.6) is 5.75 Å². The number of phenols is 1. The van der Waals surface area contributed by atoms with Crippen molar-refractivity contribution in [1.82, 2.24) is 10.6 Å². The third kappa shape index (κ3) is 7.05. The highest BCUT2D eigenvalue weighted by molar-refractivity contribution is 6.00. The Labute approximate surface area is 232 Å². The number of carbonyl (C=O) groups is 4. The Bertz CT molecular complexity index is 1390. The molecule has 3 amide bonds. The van der Waals surface area contributed by atoms with Crippen LogP contribution in [-0.4, -0.2) is 40.9 Å². The average Bonchev–Trinajstić information content (AvgIpc) is 2.91. The third-order valence-corrected chi connectivity index (χ3v) is 6.69. The van der Waals surface area contributed by atoms with Crippen LogP contribution >= 0.6 is 0 Å². The topological polar surface area (TPSA) is 134 Å². The van der Waals surface area contributed by atoms with Gasteiger partial charge >= 0.3 is 5.97 Å². The van der Waals surface area contributed by atoms with Crippen LogP contribution in [0.3, 0.4) is 0 Å². The Kier molecular flexibility index (Phi) is 8.83. The zero-order chi connectivity index (χ0) is 28.8. The molecule has 0 aromatic heterocycles. The molecule has 0 saturated carbocycles. The van der Waals surface area contributed by atoms with E-state index in [0.29, 0.717) is 16.8 Å². The van der Waals surface area contributed by atoms with E-state index in [4.69, 9.17) is 4.74 Å². The Morgan fingerprint density at radius 2 is 1.62 bits per heavy atom. The summed E-state index contributed by atoms with van der Waals surface area (Å²) in [5.41, 5.74) is 3.33. The number of aryl methyl sites for hydroxylation is 1. The molecular formula is C31H33N3O6. The fourth-order valence-electron chi connectivity index (χ4n) is 4.55. The molecule has 4 N–H and O–H groups in total. The second kappa shape index (κ2) is 12.5. The highest BCUT2D eigenvalue weighted by atomic mass is 16.5. The summed E-state index contributed by atoms with van der Waals surface area (Å²) in [6.07, 6.45) is -1.37. The lowest BCUT2D eigenvalue weighted by molar-refractivity contribution is -0.156. The maximum Gasteiger partial charge on any atom is 0.311 e. The summed E-state index contributed by atoms with van der Waals surface area (Å²) < 4.78 is 5.59. The highest BCUT2D eigenvalue weighted by Gasteiger charge is 2.41. The Hall–Kier alpha value is -4.66. The summed E-state index contributed by atoms with van der Waals surface area (Å²) in [5.74, 6) is -2.53. The van der Waals surface area contributed by atoms with Crippen LogP contribution in [0, 0.1) is 12.8 Å². The summed E-state index contributed by atoms with van der Waals surface area (Å²) in [4.78, 5) is 52.2. The molecule has 0 spiro atoms. The van der Waals surface area contributed by atoms with Gasteiger partial charge in [0.2, 0.25) is 17.9 Å². The van der Waals surface area contributed by atoms with Gasteiger partial charge in [0, 0.05) is 11.3 Å². The number of esters is 1. The number of ether oxygens (including phenoxy) is 1. The van der Waals surface area contributed by atoms with E-state index in [1.54, 1.807) is 38.1 Å². The van der Waals surface area contributed by atoms with E-state index in [1.165, 1.54) is 18.2 Å². The van der Waals surface area contributed by atoms with E-state index in [0.717, 1.165) is 11.1 Å². The molecule has 208 valence electrons. The second-order valence-corrected chi connectivity index (χ2v) is 10.3. The van der Waals surface area contributed by atoms with Crippen molar-refractivity contribution in [2.45, 2.75) is 51.8 Å². The molecule has 0 fully saturated rings. The van der Waals surface area contributed by atoms with Crippen molar-refractivity contribution in [3.8, 4) is 5.75 Å². The van der Waals surface area contributed by atoms with E-state index in [9.17, 15) is 24.3 Å². The van der Waals surface area contributed by atoms with Crippen molar-refractivity contribution in [3.63, 3.8) is 0 Å². The lowest BCUT2D eigenvalue weighted by Crippen LogP contribution is -2.55. The number of aromatic hydroxyl groups is 1. The van der Waals surface area contributed by atoms with Crippen molar-refractivity contribution in [2.75, 3.05) is 5.32 Å². The maximum atomic E-state index is 13.5. The molecule has 3 aromatic rings. The molecule has 1 aliphatic rings. The molecule has 1 heterocycles. The number of benzene rings is 3. The van der Waals surface area contributed by atoms with Gasteiger partial charge in [-0.25, -0.2) is 0 Å². The molecule has 4 rings (SSSR count). The summed E-state index contributed by atoms with van der Waals surface area (Å²) in [7, 11) is 0. The Morgan fingerprint density at radius 1 is 0.950 bits per heavy atom. The largest absolute Gasteiger partial charge is 0.508 e. The van der Waals surface area contributed by atoms with Crippen LogP contribution in [0.1, 0.15) is 42.1 Å². The normalized spacial score (nSPS) is 16.9. The highest BCUT2D eigenvalue weighted by Crippen LogP contribution is 2.35. The lowest BCUT2D eigenvalue weighted by Gasteiger charge is -2.34. The first-order valence-electron chi connectivity index (χ1n) is 13.1. The van der Waals surface area contributed by atoms with Gasteiger partial charge in [-0.05, 0) is 42.2 Å². The molecule has 0 bridgehead atoms. The van der Waals surface area contributed by atoms with Crippen molar-refractivity contribution in [1.29, 1.82) is 0 Å². The van der Waals surface area contributed by atoms with Crippen LogP contribution < -0.4 is 16.0 Å². The Balaban J connectivity index is 1.54. The van der Waals surface area contributed by atoms with E-state index < -0.39 is 36.0 Å². The van der Waals surface area contributed by atoms with E-state index >= 15 is 0 Å². The first-order valence-corrected chi connectivity index (χ1v) is 13.1. The number of hydrogen-bond acceptors (Lipinski definition) is 6. The summed E-state index contributed by atoms with van der Waals surface area (Å²) in [6.45, 7) is 5.54. The maximum absolute atomic E-state index is 13.5. The minimum atomic E-state index is -1.40. The summed E-state index contributed by atoms with van der Waals surface area (Å²) in [5, 5.41) is 18.4. The van der Waals surface area contributed by atoms with Gasteiger partial charge in [-0.3, -0.25) is 19.2 Å². The van der Waals surface area contributed by atoms with Gasteiger partial charge in [0.1, 0.15) is 17.8 Å². The lowest BCUT2D eigenvalue weighted by atomic mass is 9.93. The quantitative estimate of drug-likeness (QED) is 0.242. The summed E-state index contributed by atoms with van der Waals surface area (Å²) >= 11 is 0. The first kappa shape index (κ1) is 28.4. The minimum absolute atomic E-state index is 0.0676. The first-order chi connectivity index (χ1) is 19.1. The predicted octanol–water partition coefficient (Wildman–Crippen LogP) is 3.35. The number of anilines is 1. The fraction of sp³-hybridized carbons (Fsp3) is 0.290. The van der Waals surface area contributed by atoms with Gasteiger partial charge in [-0.1, -0.05) is 74.0 Å². The van der Waals surface area contributed by atoms with Gasteiger partial charge in [0.25, 0.3) is 5.91 Å². The molecule has 0 aliphatic carbocycles. The second-order valence-electron chi connectivity index (χ2n) is 10.3. The Morgan fingerprint density at radius 3 is 2.30 bits per heavy atom. The van der Waals surface area contributed by atoms with E-state index in [1.807, 2.05) is 37.3 Å². The van der Waals surface area contributed by atoms with Gasteiger partial charge in [0.05, 0.1) is 12.8 Å². The summed E-state index contributed by atoms with van der Waals surface area (Å²) in [6, 6.07) is 18.8. The molecular weight excluding hydrogens is 510 g/mol.